The Kier molecular flexibility index (Phi) is 2.84. The summed E-state index contributed by atoms with van der Waals surface area (Å²) in [5.41, 5.74) is 2.91. The van der Waals surface area contributed by atoms with Crippen LogP contribution < -0.4 is 5.32 Å². The number of benzene rings is 2. The second-order valence-electron chi connectivity index (χ2n) is 4.21. The maximum Gasteiger partial charge on any atom is 0.162 e. The van der Waals surface area contributed by atoms with Crippen molar-refractivity contribution in [3.8, 4) is 0 Å². The Labute approximate surface area is 110 Å². The highest BCUT2D eigenvalue weighted by molar-refractivity contribution is 7.99. The van der Waals surface area contributed by atoms with Crippen molar-refractivity contribution in [1.29, 1.82) is 0 Å². The predicted octanol–water partition coefficient (Wildman–Crippen LogP) is 4.49. The third-order valence-electron chi connectivity index (χ3n) is 3.00. The zero-order chi connectivity index (χ0) is 12.5. The number of para-hydroxylation sites is 1. The number of carbonyl (C=O) groups excluding carboxylic acids is 1. The molecule has 0 atom stereocenters. The molecule has 2 aromatic carbocycles. The molecule has 1 heterocycles. The van der Waals surface area contributed by atoms with Crippen LogP contribution in [-0.4, -0.2) is 5.78 Å². The number of ketones is 1. The van der Waals surface area contributed by atoms with E-state index >= 15 is 0 Å². The maximum absolute atomic E-state index is 11.7. The molecule has 1 N–H and O–H groups in total. The minimum atomic E-state index is 0.184. The number of rotatable bonds is 2. The Hall–Kier alpha value is -1.74. The average molecular weight is 255 g/mol. The van der Waals surface area contributed by atoms with Gasteiger partial charge in [-0.3, -0.25) is 4.79 Å². The average Bonchev–Trinajstić information content (AvgIpc) is 2.43. The van der Waals surface area contributed by atoms with Gasteiger partial charge in [0.2, 0.25) is 0 Å². The van der Waals surface area contributed by atoms with Crippen LogP contribution in [0.3, 0.4) is 0 Å². The molecule has 0 saturated carbocycles. The lowest BCUT2D eigenvalue weighted by atomic mass is 10.1. The van der Waals surface area contributed by atoms with Crippen LogP contribution in [0.2, 0.25) is 0 Å². The first-order chi connectivity index (χ1) is 8.78. The molecule has 0 saturated heterocycles. The molecule has 3 rings (SSSR count). The molecular formula is C15H13NOS. The van der Waals surface area contributed by atoms with Crippen molar-refractivity contribution in [3.05, 3.63) is 48.0 Å². The normalized spacial score (nSPS) is 12.3. The van der Waals surface area contributed by atoms with E-state index in [9.17, 15) is 4.79 Å². The monoisotopic (exact) mass is 255 g/mol. The van der Waals surface area contributed by atoms with Gasteiger partial charge in [-0.25, -0.2) is 0 Å². The van der Waals surface area contributed by atoms with Crippen LogP contribution in [0.25, 0.3) is 0 Å². The topological polar surface area (TPSA) is 29.1 Å². The second-order valence-corrected chi connectivity index (χ2v) is 5.29. The van der Waals surface area contributed by atoms with Crippen molar-refractivity contribution in [1.82, 2.24) is 0 Å². The van der Waals surface area contributed by atoms with Gasteiger partial charge in [0, 0.05) is 21.8 Å². The van der Waals surface area contributed by atoms with Gasteiger partial charge in [-0.2, -0.15) is 0 Å². The summed E-state index contributed by atoms with van der Waals surface area (Å²) in [6.07, 6.45) is 0.544. The zero-order valence-corrected chi connectivity index (χ0v) is 10.9. The van der Waals surface area contributed by atoms with Gasteiger partial charge in [-0.05, 0) is 24.3 Å². The summed E-state index contributed by atoms with van der Waals surface area (Å²) >= 11 is 1.74. The summed E-state index contributed by atoms with van der Waals surface area (Å²) in [6, 6.07) is 14.1. The number of anilines is 2. The van der Waals surface area contributed by atoms with E-state index in [1.807, 2.05) is 37.3 Å². The maximum atomic E-state index is 11.7. The largest absolute Gasteiger partial charge is 0.354 e. The SMILES string of the molecule is CCC(=O)c1ccc2c(c1)Nc1ccccc1S2. The summed E-state index contributed by atoms with van der Waals surface area (Å²) in [6.45, 7) is 1.89. The molecule has 3 heteroatoms. The fourth-order valence-corrected chi connectivity index (χ4v) is 2.99. The minimum absolute atomic E-state index is 0.184. The summed E-state index contributed by atoms with van der Waals surface area (Å²) in [4.78, 5) is 14.1. The van der Waals surface area contributed by atoms with Crippen molar-refractivity contribution in [2.45, 2.75) is 23.1 Å². The van der Waals surface area contributed by atoms with E-state index in [4.69, 9.17) is 0 Å². The Morgan fingerprint density at radius 2 is 1.89 bits per heavy atom. The fraction of sp³-hybridized carbons (Fsp3) is 0.133. The van der Waals surface area contributed by atoms with Gasteiger partial charge in [-0.1, -0.05) is 36.9 Å². The first-order valence-electron chi connectivity index (χ1n) is 5.99. The molecule has 2 nitrogen and oxygen atoms in total. The van der Waals surface area contributed by atoms with Gasteiger partial charge in [0.25, 0.3) is 0 Å². The standard InChI is InChI=1S/C15H13NOS/c1-2-13(17)10-7-8-15-12(9-10)16-11-5-3-4-6-14(11)18-15/h3-9,16H,2H2,1H3. The van der Waals surface area contributed by atoms with Crippen molar-refractivity contribution in [2.75, 3.05) is 5.32 Å². The highest BCUT2D eigenvalue weighted by Gasteiger charge is 2.16. The first-order valence-corrected chi connectivity index (χ1v) is 6.80. The number of nitrogens with one attached hydrogen (secondary N) is 1. The van der Waals surface area contributed by atoms with Crippen LogP contribution in [0, 0.1) is 0 Å². The molecular weight excluding hydrogens is 242 g/mol. The van der Waals surface area contributed by atoms with Crippen LogP contribution >= 0.6 is 11.8 Å². The molecule has 1 aliphatic heterocycles. The van der Waals surface area contributed by atoms with Crippen LogP contribution in [0.5, 0.6) is 0 Å². The zero-order valence-electron chi connectivity index (χ0n) is 10.1. The molecule has 90 valence electrons. The number of carbonyl (C=O) groups is 1. The Morgan fingerprint density at radius 1 is 1.11 bits per heavy atom. The van der Waals surface area contributed by atoms with E-state index < -0.39 is 0 Å². The molecule has 0 unspecified atom stereocenters. The molecule has 0 aromatic heterocycles. The highest BCUT2D eigenvalue weighted by Crippen LogP contribution is 2.44. The van der Waals surface area contributed by atoms with Crippen LogP contribution in [0.4, 0.5) is 11.4 Å². The predicted molar refractivity (Wildman–Crippen MR) is 74.9 cm³/mol. The van der Waals surface area contributed by atoms with E-state index in [0.717, 1.165) is 16.9 Å². The second kappa shape index (κ2) is 4.50. The third-order valence-corrected chi connectivity index (χ3v) is 4.15. The van der Waals surface area contributed by atoms with Crippen LogP contribution in [0.15, 0.2) is 52.3 Å². The summed E-state index contributed by atoms with van der Waals surface area (Å²) in [7, 11) is 0. The molecule has 0 bridgehead atoms. The molecule has 0 aliphatic carbocycles. The quantitative estimate of drug-likeness (QED) is 0.684. The smallest absolute Gasteiger partial charge is 0.162 e. The van der Waals surface area contributed by atoms with Crippen molar-refractivity contribution in [2.24, 2.45) is 0 Å². The highest BCUT2D eigenvalue weighted by atomic mass is 32.2. The van der Waals surface area contributed by atoms with Crippen molar-refractivity contribution >= 4 is 28.9 Å². The molecule has 18 heavy (non-hydrogen) atoms. The molecule has 0 fully saturated rings. The van der Waals surface area contributed by atoms with E-state index in [0.29, 0.717) is 6.42 Å². The fourth-order valence-electron chi connectivity index (χ4n) is 2.02. The van der Waals surface area contributed by atoms with Crippen LogP contribution in [-0.2, 0) is 0 Å². The molecule has 1 aliphatic rings. The van der Waals surface area contributed by atoms with E-state index in [-0.39, 0.29) is 5.78 Å². The summed E-state index contributed by atoms with van der Waals surface area (Å²) in [5, 5.41) is 3.39. The molecule has 0 amide bonds. The molecule has 2 aromatic rings. The number of hydrogen-bond acceptors (Lipinski definition) is 3. The van der Waals surface area contributed by atoms with Gasteiger partial charge < -0.3 is 5.32 Å². The Balaban J connectivity index is 2.01. The number of hydrogen-bond donors (Lipinski definition) is 1. The van der Waals surface area contributed by atoms with Crippen LogP contribution in [0.1, 0.15) is 23.7 Å². The Bertz CT molecular complexity index is 622. The van der Waals surface area contributed by atoms with Gasteiger partial charge >= 0.3 is 0 Å². The molecule has 0 spiro atoms. The van der Waals surface area contributed by atoms with E-state index in [2.05, 4.69) is 17.4 Å². The lowest BCUT2D eigenvalue weighted by molar-refractivity contribution is 0.0988. The number of Topliss-reactive ketones (excluding diaryl/α,β-unsaturated/α-hetero) is 1. The van der Waals surface area contributed by atoms with Gasteiger partial charge in [0.05, 0.1) is 11.4 Å². The Morgan fingerprint density at radius 3 is 2.72 bits per heavy atom. The lowest BCUT2D eigenvalue weighted by Gasteiger charge is -2.21. The van der Waals surface area contributed by atoms with E-state index in [1.54, 1.807) is 11.8 Å². The minimum Gasteiger partial charge on any atom is -0.354 e. The van der Waals surface area contributed by atoms with E-state index in [1.165, 1.54) is 9.79 Å². The third kappa shape index (κ3) is 1.91. The van der Waals surface area contributed by atoms with Crippen molar-refractivity contribution < 1.29 is 4.79 Å². The van der Waals surface area contributed by atoms with Gasteiger partial charge in [-0.15, -0.1) is 0 Å². The lowest BCUT2D eigenvalue weighted by Crippen LogP contribution is -2.03. The van der Waals surface area contributed by atoms with Crippen molar-refractivity contribution in [3.63, 3.8) is 0 Å². The van der Waals surface area contributed by atoms with Gasteiger partial charge in [0.1, 0.15) is 0 Å². The first kappa shape index (κ1) is 11.4. The van der Waals surface area contributed by atoms with Gasteiger partial charge in [0.15, 0.2) is 5.78 Å². The summed E-state index contributed by atoms with van der Waals surface area (Å²) < 4.78 is 0. The number of fused-ring (bicyclic) bond motifs is 2. The summed E-state index contributed by atoms with van der Waals surface area (Å²) in [5.74, 6) is 0.184. The molecule has 0 radical (unpaired) electrons.